The van der Waals surface area contributed by atoms with E-state index in [4.69, 9.17) is 4.74 Å². The molecule has 0 radical (unpaired) electrons. The third kappa shape index (κ3) is 3.18. The summed E-state index contributed by atoms with van der Waals surface area (Å²) < 4.78 is 5.31. The van der Waals surface area contributed by atoms with Gasteiger partial charge in [0.15, 0.2) is 0 Å². The molecule has 0 aromatic rings. The van der Waals surface area contributed by atoms with Crippen LogP contribution in [0.3, 0.4) is 0 Å². The molecule has 0 spiro atoms. The molecule has 0 aliphatic carbocycles. The predicted octanol–water partition coefficient (Wildman–Crippen LogP) is 1.74. The number of β-amino-alcohol motifs (C(OH)–C–C–N with tert-alkyl or cyclic N) is 1. The maximum absolute atomic E-state index is 10.5. The summed E-state index contributed by atoms with van der Waals surface area (Å²) in [5, 5.41) is 10.5. The lowest BCUT2D eigenvalue weighted by molar-refractivity contribution is -0.0791. The summed E-state index contributed by atoms with van der Waals surface area (Å²) in [4.78, 5) is 2.35. The van der Waals surface area contributed by atoms with Crippen molar-refractivity contribution < 1.29 is 9.84 Å². The normalized spacial score (nSPS) is 26.0. The van der Waals surface area contributed by atoms with E-state index in [-0.39, 0.29) is 0 Å². The molecule has 2 aliphatic rings. The minimum atomic E-state index is -0.537. The second-order valence-electron chi connectivity index (χ2n) is 5.31. The highest BCUT2D eigenvalue weighted by molar-refractivity contribution is 5.26. The van der Waals surface area contributed by atoms with Gasteiger partial charge in [-0.3, -0.25) is 4.90 Å². The topological polar surface area (TPSA) is 32.7 Å². The average Bonchev–Trinajstić information content (AvgIpc) is 2.29. The predicted molar refractivity (Wildman–Crippen MR) is 69.0 cm³/mol. The summed E-state index contributed by atoms with van der Waals surface area (Å²) in [7, 11) is 0. The largest absolute Gasteiger partial charge is 0.388 e. The first kappa shape index (κ1) is 12.8. The van der Waals surface area contributed by atoms with E-state index in [2.05, 4.69) is 18.4 Å². The van der Waals surface area contributed by atoms with Crippen molar-refractivity contribution in [2.75, 3.05) is 32.8 Å². The van der Waals surface area contributed by atoms with Crippen LogP contribution >= 0.6 is 0 Å². The number of hydrogen-bond acceptors (Lipinski definition) is 3. The molecule has 2 aliphatic heterocycles. The molecular formula is C14H23NO2. The van der Waals surface area contributed by atoms with E-state index in [1.54, 1.807) is 0 Å². The van der Waals surface area contributed by atoms with Crippen molar-refractivity contribution in [1.29, 1.82) is 0 Å². The summed E-state index contributed by atoms with van der Waals surface area (Å²) in [5.74, 6) is 0. The quantitative estimate of drug-likeness (QED) is 0.811. The van der Waals surface area contributed by atoms with Crippen molar-refractivity contribution in [3.05, 3.63) is 23.8 Å². The highest BCUT2D eigenvalue weighted by Crippen LogP contribution is 2.25. The second kappa shape index (κ2) is 5.34. The molecule has 2 rings (SSSR count). The maximum Gasteiger partial charge on any atom is 0.0818 e. The zero-order chi connectivity index (χ0) is 12.3. The zero-order valence-electron chi connectivity index (χ0n) is 10.7. The van der Waals surface area contributed by atoms with Gasteiger partial charge in [0.1, 0.15) is 0 Å². The molecule has 0 unspecified atom stereocenters. The third-order valence-electron chi connectivity index (χ3n) is 3.89. The van der Waals surface area contributed by atoms with Crippen molar-refractivity contribution in [2.45, 2.75) is 31.8 Å². The van der Waals surface area contributed by atoms with E-state index in [0.29, 0.717) is 13.2 Å². The summed E-state index contributed by atoms with van der Waals surface area (Å²) in [5.41, 5.74) is 2.23. The SMILES string of the molecule is C=CC1=C(C)CN(CC2(O)CCOCC2)CC1. The average molecular weight is 237 g/mol. The summed E-state index contributed by atoms with van der Waals surface area (Å²) in [6.45, 7) is 10.2. The van der Waals surface area contributed by atoms with Crippen LogP contribution in [0.1, 0.15) is 26.2 Å². The van der Waals surface area contributed by atoms with Crippen LogP contribution in [0.5, 0.6) is 0 Å². The van der Waals surface area contributed by atoms with Crippen molar-refractivity contribution in [2.24, 2.45) is 0 Å². The fourth-order valence-corrected chi connectivity index (χ4v) is 2.74. The molecule has 17 heavy (non-hydrogen) atoms. The smallest absolute Gasteiger partial charge is 0.0818 e. The number of rotatable bonds is 3. The Kier molecular flexibility index (Phi) is 4.02. The molecule has 3 nitrogen and oxygen atoms in total. The van der Waals surface area contributed by atoms with E-state index in [9.17, 15) is 5.11 Å². The Hall–Kier alpha value is -0.640. The minimum Gasteiger partial charge on any atom is -0.388 e. The van der Waals surface area contributed by atoms with Crippen molar-refractivity contribution in [1.82, 2.24) is 4.90 Å². The molecular weight excluding hydrogens is 214 g/mol. The van der Waals surface area contributed by atoms with Gasteiger partial charge in [0.05, 0.1) is 5.60 Å². The van der Waals surface area contributed by atoms with Gasteiger partial charge in [0, 0.05) is 45.7 Å². The van der Waals surface area contributed by atoms with Crippen LogP contribution in [0.2, 0.25) is 0 Å². The fraction of sp³-hybridized carbons (Fsp3) is 0.714. The first-order valence-electron chi connectivity index (χ1n) is 6.46. The molecule has 0 aromatic carbocycles. The lowest BCUT2D eigenvalue weighted by Crippen LogP contribution is -2.48. The lowest BCUT2D eigenvalue weighted by Gasteiger charge is -2.38. The summed E-state index contributed by atoms with van der Waals surface area (Å²) >= 11 is 0. The Morgan fingerprint density at radius 1 is 1.47 bits per heavy atom. The van der Waals surface area contributed by atoms with Crippen LogP contribution in [0, 0.1) is 0 Å². The Labute approximate surface area is 104 Å². The van der Waals surface area contributed by atoms with E-state index in [1.165, 1.54) is 11.1 Å². The van der Waals surface area contributed by atoms with E-state index >= 15 is 0 Å². The number of nitrogens with zero attached hydrogens (tertiary/aromatic N) is 1. The van der Waals surface area contributed by atoms with Gasteiger partial charge in [-0.25, -0.2) is 0 Å². The molecule has 0 aromatic heterocycles. The van der Waals surface area contributed by atoms with Crippen molar-refractivity contribution >= 4 is 0 Å². The van der Waals surface area contributed by atoms with Crippen LogP contribution in [0.25, 0.3) is 0 Å². The molecule has 0 bridgehead atoms. The van der Waals surface area contributed by atoms with Gasteiger partial charge in [-0.15, -0.1) is 0 Å². The van der Waals surface area contributed by atoms with Crippen LogP contribution in [0.4, 0.5) is 0 Å². The second-order valence-corrected chi connectivity index (χ2v) is 5.31. The number of allylic oxidation sites excluding steroid dienone is 1. The van der Waals surface area contributed by atoms with Crippen molar-refractivity contribution in [3.8, 4) is 0 Å². The van der Waals surface area contributed by atoms with E-state index < -0.39 is 5.60 Å². The lowest BCUT2D eigenvalue weighted by atomic mass is 9.92. The van der Waals surface area contributed by atoms with Gasteiger partial charge >= 0.3 is 0 Å². The van der Waals surface area contributed by atoms with Gasteiger partial charge in [0.2, 0.25) is 0 Å². The molecule has 3 heteroatoms. The van der Waals surface area contributed by atoms with Crippen LogP contribution in [-0.2, 0) is 4.74 Å². The van der Waals surface area contributed by atoms with Crippen molar-refractivity contribution in [3.63, 3.8) is 0 Å². The Bertz CT molecular complexity index is 316. The van der Waals surface area contributed by atoms with E-state index in [1.807, 2.05) is 6.08 Å². The van der Waals surface area contributed by atoms with Gasteiger partial charge in [-0.2, -0.15) is 0 Å². The standard InChI is InChI=1S/C14H23NO2/c1-3-13-4-7-15(10-12(13)2)11-14(16)5-8-17-9-6-14/h3,16H,1,4-11H2,2H3. The Morgan fingerprint density at radius 2 is 2.18 bits per heavy atom. The van der Waals surface area contributed by atoms with Gasteiger partial charge in [-0.1, -0.05) is 18.2 Å². The minimum absolute atomic E-state index is 0.537. The fourth-order valence-electron chi connectivity index (χ4n) is 2.74. The number of aliphatic hydroxyl groups is 1. The highest BCUT2D eigenvalue weighted by Gasteiger charge is 2.32. The van der Waals surface area contributed by atoms with Gasteiger partial charge in [-0.05, 0) is 18.9 Å². The molecule has 2 heterocycles. The van der Waals surface area contributed by atoms with Crippen LogP contribution in [-0.4, -0.2) is 48.5 Å². The first-order chi connectivity index (χ1) is 8.13. The van der Waals surface area contributed by atoms with Gasteiger partial charge < -0.3 is 9.84 Å². The third-order valence-corrected chi connectivity index (χ3v) is 3.89. The monoisotopic (exact) mass is 237 g/mol. The highest BCUT2D eigenvalue weighted by atomic mass is 16.5. The Morgan fingerprint density at radius 3 is 2.76 bits per heavy atom. The summed E-state index contributed by atoms with van der Waals surface area (Å²) in [6.07, 6.45) is 4.55. The zero-order valence-corrected chi connectivity index (χ0v) is 10.7. The molecule has 0 amide bonds. The Balaban J connectivity index is 1.92. The van der Waals surface area contributed by atoms with Gasteiger partial charge in [0.25, 0.3) is 0 Å². The number of hydrogen-bond donors (Lipinski definition) is 1. The van der Waals surface area contributed by atoms with E-state index in [0.717, 1.165) is 38.9 Å². The molecule has 1 saturated heterocycles. The molecule has 1 fully saturated rings. The summed E-state index contributed by atoms with van der Waals surface area (Å²) in [6, 6.07) is 0. The van der Waals surface area contributed by atoms with Crippen LogP contribution < -0.4 is 0 Å². The first-order valence-corrected chi connectivity index (χ1v) is 6.46. The molecule has 0 atom stereocenters. The maximum atomic E-state index is 10.5. The van der Waals surface area contributed by atoms with Crippen LogP contribution in [0.15, 0.2) is 23.8 Å². The molecule has 1 N–H and O–H groups in total. The molecule has 96 valence electrons. The molecule has 0 saturated carbocycles. The number of ether oxygens (including phenoxy) is 1.